The predicted molar refractivity (Wildman–Crippen MR) is 119 cm³/mol. The Morgan fingerprint density at radius 1 is 0.760 bits per heavy atom. The number of para-hydroxylation sites is 2. The van der Waals surface area contributed by atoms with Crippen LogP contribution in [0.25, 0.3) is 20.4 Å². The SMILES string of the molecule is C[SH+]c1[nH]c2ccccc2[s+]1.C[SH+]c1[nH]c2ccccc2[s+]1.[Cl][Pt][Cl]. The summed E-state index contributed by atoms with van der Waals surface area (Å²) >= 11 is 5.82. The Morgan fingerprint density at radius 2 is 1.12 bits per heavy atom. The Kier molecular flexibility index (Phi) is 10.1. The van der Waals surface area contributed by atoms with Gasteiger partial charge < -0.3 is 0 Å². The average molecular weight is 633 g/mol. The molecule has 136 valence electrons. The van der Waals surface area contributed by atoms with Gasteiger partial charge in [-0.1, -0.05) is 24.3 Å². The number of fused-ring (bicyclic) bond motifs is 2. The Bertz CT molecular complexity index is 773. The number of hydrogen-bond acceptors (Lipinski definition) is 0. The normalized spacial score (nSPS) is 10.2. The van der Waals surface area contributed by atoms with Crippen molar-refractivity contribution < 1.29 is 16.5 Å². The Labute approximate surface area is 180 Å². The molecule has 4 rings (SSSR count). The molecule has 0 saturated carbocycles. The fraction of sp³-hybridized carbons (Fsp3) is 0.125. The maximum absolute atomic E-state index is 4.88. The standard InChI is InChI=1S/2C8H8NS2.2ClH.Pt/c2*1-10-8-9-6-4-2-3-5-7(6)11-8;;;/h2*2-5,9H,1H3;2*1H;/q2*+1;;;+2. The van der Waals surface area contributed by atoms with Crippen molar-refractivity contribution in [3.63, 3.8) is 0 Å². The van der Waals surface area contributed by atoms with Gasteiger partial charge in [0.1, 0.15) is 23.5 Å². The molecule has 2 aromatic carbocycles. The molecule has 2 aromatic heterocycles. The molecule has 0 unspecified atom stereocenters. The molecule has 0 aliphatic carbocycles. The van der Waals surface area contributed by atoms with E-state index in [2.05, 4.69) is 71.0 Å². The van der Waals surface area contributed by atoms with Gasteiger partial charge in [0.05, 0.1) is 23.5 Å². The Balaban J connectivity index is 0.000000156. The summed E-state index contributed by atoms with van der Waals surface area (Å²) in [6.07, 6.45) is 4.28. The molecule has 2 nitrogen and oxygen atoms in total. The first kappa shape index (κ1) is 21.5. The molecule has 0 bridgehead atoms. The second-order valence-corrected chi connectivity index (χ2v) is 12.3. The van der Waals surface area contributed by atoms with Crippen molar-refractivity contribution in [3.05, 3.63) is 48.5 Å². The minimum absolute atomic E-state index is 0.472. The van der Waals surface area contributed by atoms with Crippen LogP contribution in [-0.4, -0.2) is 22.5 Å². The fourth-order valence-electron chi connectivity index (χ4n) is 2.01. The molecule has 9 heteroatoms. The molecular weight excluding hydrogens is 614 g/mol. The van der Waals surface area contributed by atoms with E-state index in [1.165, 1.54) is 52.6 Å². The Morgan fingerprint density at radius 3 is 1.44 bits per heavy atom. The summed E-state index contributed by atoms with van der Waals surface area (Å²) in [5, 5.41) is 0. The average Bonchev–Trinajstić information content (AvgIpc) is 3.26. The van der Waals surface area contributed by atoms with E-state index in [4.69, 9.17) is 18.8 Å². The molecule has 2 heterocycles. The van der Waals surface area contributed by atoms with Gasteiger partial charge in [0.2, 0.25) is 0 Å². The van der Waals surface area contributed by atoms with Crippen LogP contribution in [0.15, 0.2) is 57.2 Å². The summed E-state index contributed by atoms with van der Waals surface area (Å²) in [5.74, 6) is 0. The first-order chi connectivity index (χ1) is 12.2. The molecule has 0 aliphatic heterocycles. The van der Waals surface area contributed by atoms with E-state index >= 15 is 0 Å². The molecule has 0 atom stereocenters. The quantitative estimate of drug-likeness (QED) is 0.201. The summed E-state index contributed by atoms with van der Waals surface area (Å²) in [7, 11) is 9.75. The number of hydrogen-bond donors (Lipinski definition) is 2. The summed E-state index contributed by atoms with van der Waals surface area (Å²) in [6.45, 7) is 0. The van der Waals surface area contributed by atoms with Crippen LogP contribution in [0.5, 0.6) is 0 Å². The summed E-state index contributed by atoms with van der Waals surface area (Å²) < 4.78 is 5.34. The van der Waals surface area contributed by atoms with Crippen LogP contribution in [0.1, 0.15) is 0 Å². The second-order valence-electron chi connectivity index (χ2n) is 4.55. The van der Waals surface area contributed by atoms with Crippen LogP contribution in [-0.2, 0) is 40.0 Å². The van der Waals surface area contributed by atoms with Gasteiger partial charge in [0, 0.05) is 12.1 Å². The third-order valence-corrected chi connectivity index (χ3v) is 7.50. The topological polar surface area (TPSA) is 31.6 Å². The number of nitrogens with one attached hydrogen (secondary N) is 2. The van der Waals surface area contributed by atoms with Crippen molar-refractivity contribution in [1.82, 2.24) is 9.97 Å². The number of aromatic nitrogens is 2. The molecule has 0 fully saturated rings. The monoisotopic (exact) mass is 631 g/mol. The number of rotatable bonds is 2. The third-order valence-electron chi connectivity index (χ3n) is 3.08. The van der Waals surface area contributed by atoms with Crippen LogP contribution in [0.4, 0.5) is 0 Å². The van der Waals surface area contributed by atoms with Gasteiger partial charge in [0.25, 0.3) is 9.40 Å². The van der Waals surface area contributed by atoms with Gasteiger partial charge in [-0.15, -0.1) is 0 Å². The molecule has 25 heavy (non-hydrogen) atoms. The molecule has 2 N–H and O–H groups in total. The van der Waals surface area contributed by atoms with Crippen molar-refractivity contribution in [3.8, 4) is 0 Å². The van der Waals surface area contributed by atoms with Crippen LogP contribution in [0.3, 0.4) is 0 Å². The number of benzene rings is 2. The zero-order valence-corrected chi connectivity index (χ0v) is 20.6. The van der Waals surface area contributed by atoms with Crippen LogP contribution in [0.2, 0.25) is 0 Å². The number of thiol groups is 2. The predicted octanol–water partition coefficient (Wildman–Crippen LogP) is 6.00. The van der Waals surface area contributed by atoms with E-state index in [0.29, 0.717) is 0 Å². The zero-order chi connectivity index (χ0) is 18.1. The van der Waals surface area contributed by atoms with E-state index in [0.717, 1.165) is 0 Å². The fourth-order valence-corrected chi connectivity index (χ4v) is 5.29. The second kappa shape index (κ2) is 11.8. The van der Waals surface area contributed by atoms with Gasteiger partial charge in [-0.05, 0) is 12.1 Å². The Hall–Kier alpha value is 0.188. The van der Waals surface area contributed by atoms with Crippen LogP contribution < -0.4 is 0 Å². The molecule has 0 spiro atoms. The zero-order valence-electron chi connectivity index (χ0n) is 13.4. The van der Waals surface area contributed by atoms with Crippen LogP contribution >= 0.6 is 41.5 Å². The summed E-state index contributed by atoms with van der Waals surface area (Å²) in [4.78, 5) is 6.70. The summed E-state index contributed by atoms with van der Waals surface area (Å²) in [5.41, 5.74) is 2.50. The van der Waals surface area contributed by atoms with Gasteiger partial charge in [0.15, 0.2) is 0 Å². The van der Waals surface area contributed by atoms with Crippen LogP contribution in [0, 0.1) is 0 Å². The first-order valence-corrected chi connectivity index (χ1v) is 17.0. The molecule has 0 radical (unpaired) electrons. The molecule has 0 saturated heterocycles. The molecule has 0 aliphatic rings. The van der Waals surface area contributed by atoms with Crippen molar-refractivity contribution in [1.29, 1.82) is 0 Å². The number of thiazole rings is 2. The van der Waals surface area contributed by atoms with E-state index in [1.807, 2.05) is 22.7 Å². The van der Waals surface area contributed by atoms with Crippen molar-refractivity contribution in [2.24, 2.45) is 0 Å². The van der Waals surface area contributed by atoms with E-state index in [1.54, 1.807) is 0 Å². The van der Waals surface area contributed by atoms with Gasteiger partial charge >= 0.3 is 66.7 Å². The molecular formula is C16H18Cl2N2PtS4+4. The number of aromatic amines is 2. The van der Waals surface area contributed by atoms with Gasteiger partial charge in [-0.2, -0.15) is 0 Å². The number of halogens is 2. The van der Waals surface area contributed by atoms with Gasteiger partial charge in [-0.25, -0.2) is 0 Å². The number of H-pyrrole nitrogens is 2. The maximum atomic E-state index is 4.88. The van der Waals surface area contributed by atoms with Crippen molar-refractivity contribution in [2.75, 3.05) is 12.5 Å². The molecule has 0 amide bonds. The third kappa shape index (κ3) is 6.69. The minimum atomic E-state index is -0.472. The first-order valence-electron chi connectivity index (χ1n) is 7.05. The summed E-state index contributed by atoms with van der Waals surface area (Å²) in [6, 6.07) is 16.8. The van der Waals surface area contributed by atoms with Gasteiger partial charge in [-0.3, -0.25) is 9.97 Å². The van der Waals surface area contributed by atoms with E-state index < -0.39 is 16.5 Å². The molecule has 4 aromatic rings. The van der Waals surface area contributed by atoms with E-state index in [-0.39, 0.29) is 0 Å². The van der Waals surface area contributed by atoms with Crippen molar-refractivity contribution in [2.45, 2.75) is 8.68 Å². The van der Waals surface area contributed by atoms with Crippen molar-refractivity contribution >= 4 is 85.5 Å². The van der Waals surface area contributed by atoms with E-state index in [9.17, 15) is 0 Å².